The highest BCUT2D eigenvalue weighted by Gasteiger charge is 2.42. The Balaban J connectivity index is 1.16. The van der Waals surface area contributed by atoms with Crippen molar-refractivity contribution < 1.29 is 29.6 Å². The molecule has 0 saturated heterocycles. The van der Waals surface area contributed by atoms with Crippen LogP contribution in [0.25, 0.3) is 10.9 Å². The second-order valence-electron chi connectivity index (χ2n) is 11.8. The molecule has 0 spiro atoms. The summed E-state index contributed by atoms with van der Waals surface area (Å²) in [7, 11) is 1.52. The van der Waals surface area contributed by atoms with Crippen LogP contribution in [-0.2, 0) is 28.0 Å². The van der Waals surface area contributed by atoms with E-state index in [2.05, 4.69) is 15.6 Å². The number of methoxy groups -OCH3 is 1. The number of aromatic nitrogens is 1. The first-order valence-electron chi connectivity index (χ1n) is 15.3. The summed E-state index contributed by atoms with van der Waals surface area (Å²) in [6, 6.07) is 17.0. The fourth-order valence-electron chi connectivity index (χ4n) is 6.32. The summed E-state index contributed by atoms with van der Waals surface area (Å²) in [4.78, 5) is 39.2. The fraction of sp³-hybridized carbons (Fsp3) is 0.343. The summed E-state index contributed by atoms with van der Waals surface area (Å²) in [5.41, 5.74) is 2.63. The second kappa shape index (κ2) is 14.4. The van der Waals surface area contributed by atoms with Crippen molar-refractivity contribution in [3.05, 3.63) is 98.3 Å². The largest absolute Gasteiger partial charge is 0.506 e. The zero-order valence-electron chi connectivity index (χ0n) is 25.6. The molecule has 4 aromatic rings. The normalized spacial score (nSPS) is 14.7. The molecule has 0 radical (unpaired) electrons. The van der Waals surface area contributed by atoms with Crippen LogP contribution in [0.3, 0.4) is 0 Å². The lowest BCUT2D eigenvalue weighted by atomic mass is 9.78. The van der Waals surface area contributed by atoms with E-state index >= 15 is 0 Å². The van der Waals surface area contributed by atoms with Gasteiger partial charge in [0.2, 0.25) is 11.5 Å². The number of nitrogens with one attached hydrogen (secondary N) is 3. The maximum atomic E-state index is 12.8. The van der Waals surface area contributed by atoms with Crippen LogP contribution in [0, 0.1) is 0 Å². The van der Waals surface area contributed by atoms with Gasteiger partial charge in [0.25, 0.3) is 0 Å². The Kier molecular flexibility index (Phi) is 10.3. The molecular formula is C35H38ClN3O7. The number of fused-ring (bicyclic) bond motifs is 1. The third-order valence-corrected chi connectivity index (χ3v) is 9.09. The minimum atomic E-state index is -0.933. The molecule has 1 aromatic heterocycles. The number of pyridine rings is 1. The molecule has 0 unspecified atom stereocenters. The Morgan fingerprint density at radius 1 is 1.09 bits per heavy atom. The van der Waals surface area contributed by atoms with Gasteiger partial charge in [0.15, 0.2) is 0 Å². The van der Waals surface area contributed by atoms with E-state index in [0.29, 0.717) is 59.6 Å². The number of rotatable bonds is 13. The number of aliphatic hydroxyl groups is 1. The summed E-state index contributed by atoms with van der Waals surface area (Å²) in [5, 5.41) is 37.8. The Morgan fingerprint density at radius 2 is 1.87 bits per heavy atom. The summed E-state index contributed by atoms with van der Waals surface area (Å²) < 4.78 is 5.55. The number of phenolic OH excluding ortho intramolecular Hbond substituents is 1. The van der Waals surface area contributed by atoms with Crippen LogP contribution >= 0.6 is 11.6 Å². The summed E-state index contributed by atoms with van der Waals surface area (Å²) >= 11 is 6.53. The number of aliphatic hydroxyl groups excluding tert-OH is 1. The quantitative estimate of drug-likeness (QED) is 0.110. The number of aromatic amines is 1. The number of aryl methyl sites for hydroxylation is 1. The van der Waals surface area contributed by atoms with Gasteiger partial charge >= 0.3 is 5.97 Å². The highest BCUT2D eigenvalue weighted by molar-refractivity contribution is 6.33. The number of hydrogen-bond donors (Lipinski definition) is 6. The zero-order chi connectivity index (χ0) is 32.8. The number of anilines is 1. The van der Waals surface area contributed by atoms with Crippen LogP contribution < -0.4 is 20.9 Å². The van der Waals surface area contributed by atoms with Crippen LogP contribution in [-0.4, -0.2) is 45.8 Å². The SMILES string of the molecule is COc1cc(NC(=O)CCCc2cccc(C3(C(=O)O)CCCC3)c2)c(Cl)cc1CNC[C@H](O)c1ccc(O)c2[nH]c(=O)ccc12. The smallest absolute Gasteiger partial charge is 0.314 e. The van der Waals surface area contributed by atoms with Crippen LogP contribution in [0.2, 0.25) is 5.02 Å². The number of carbonyl (C=O) groups excluding carboxylic acids is 1. The molecule has 242 valence electrons. The van der Waals surface area contributed by atoms with Crippen molar-refractivity contribution >= 4 is 40.1 Å². The predicted octanol–water partition coefficient (Wildman–Crippen LogP) is 5.58. The molecule has 46 heavy (non-hydrogen) atoms. The number of ether oxygens (including phenoxy) is 1. The standard InChI is InChI=1S/C35H38ClN3O7/c1-46-30-18-27(38-31(42)9-5-7-21-6-4-8-23(16-21)35(34(44)45)14-2-3-15-35)26(36)17-22(30)19-37-20-29(41)24-10-12-28(40)33-25(24)11-13-32(43)39-33/h4,6,8,10-13,16-18,29,37,40-41H,2-3,5,7,9,14-15,19-20H2,1H3,(H,38,42)(H,39,43)(H,44,45)/t29-/m0/s1. The molecule has 1 aliphatic carbocycles. The van der Waals surface area contributed by atoms with Gasteiger partial charge in [0.05, 0.1) is 34.9 Å². The lowest BCUT2D eigenvalue weighted by Crippen LogP contribution is -2.32. The molecule has 1 amide bonds. The first-order chi connectivity index (χ1) is 22.1. The number of aromatic hydroxyl groups is 1. The Bertz CT molecular complexity index is 1800. The molecule has 11 heteroatoms. The van der Waals surface area contributed by atoms with E-state index in [1.165, 1.54) is 19.2 Å². The third-order valence-electron chi connectivity index (χ3n) is 8.78. The number of amides is 1. The molecule has 1 heterocycles. The summed E-state index contributed by atoms with van der Waals surface area (Å²) in [6.45, 7) is 0.474. The summed E-state index contributed by atoms with van der Waals surface area (Å²) in [6.07, 6.45) is 3.67. The average Bonchev–Trinajstić information content (AvgIpc) is 3.55. The van der Waals surface area contributed by atoms with Crippen molar-refractivity contribution in [1.82, 2.24) is 10.3 Å². The molecule has 0 aliphatic heterocycles. The summed E-state index contributed by atoms with van der Waals surface area (Å²) in [5.74, 6) is -0.543. The third kappa shape index (κ3) is 7.20. The number of hydrogen-bond acceptors (Lipinski definition) is 7. The van der Waals surface area contributed by atoms with E-state index in [-0.39, 0.29) is 35.7 Å². The lowest BCUT2D eigenvalue weighted by Gasteiger charge is -2.25. The van der Waals surface area contributed by atoms with Gasteiger partial charge in [-0.2, -0.15) is 0 Å². The van der Waals surface area contributed by atoms with Gasteiger partial charge < -0.3 is 35.7 Å². The number of halogens is 1. The molecule has 10 nitrogen and oxygen atoms in total. The molecule has 6 N–H and O–H groups in total. The molecule has 3 aromatic carbocycles. The molecule has 1 atom stereocenters. The topological polar surface area (TPSA) is 161 Å². The predicted molar refractivity (Wildman–Crippen MR) is 177 cm³/mol. The van der Waals surface area contributed by atoms with E-state index in [9.17, 15) is 29.7 Å². The minimum absolute atomic E-state index is 0.0806. The van der Waals surface area contributed by atoms with Crippen LogP contribution in [0.4, 0.5) is 5.69 Å². The number of H-pyrrole nitrogens is 1. The molecule has 1 saturated carbocycles. The first-order valence-corrected chi connectivity index (χ1v) is 15.7. The first kappa shape index (κ1) is 33.0. The van der Waals surface area contributed by atoms with E-state index in [1.807, 2.05) is 24.3 Å². The zero-order valence-corrected chi connectivity index (χ0v) is 26.3. The number of carboxylic acid groups (broad SMARTS) is 1. The van der Waals surface area contributed by atoms with Crippen molar-refractivity contribution in [1.29, 1.82) is 0 Å². The lowest BCUT2D eigenvalue weighted by molar-refractivity contribution is -0.143. The highest BCUT2D eigenvalue weighted by Crippen LogP contribution is 2.41. The van der Waals surface area contributed by atoms with Crippen molar-refractivity contribution in [3.63, 3.8) is 0 Å². The van der Waals surface area contributed by atoms with E-state index in [1.54, 1.807) is 24.3 Å². The minimum Gasteiger partial charge on any atom is -0.506 e. The van der Waals surface area contributed by atoms with E-state index < -0.39 is 17.5 Å². The number of carbonyl (C=O) groups is 2. The van der Waals surface area contributed by atoms with Gasteiger partial charge in [-0.05, 0) is 60.6 Å². The van der Waals surface area contributed by atoms with Gasteiger partial charge in [-0.15, -0.1) is 0 Å². The van der Waals surface area contributed by atoms with Crippen molar-refractivity contribution in [2.24, 2.45) is 0 Å². The number of phenols is 1. The Hall–Kier alpha value is -4.38. The van der Waals surface area contributed by atoms with Crippen molar-refractivity contribution in [2.75, 3.05) is 19.0 Å². The number of aliphatic carboxylic acids is 1. The van der Waals surface area contributed by atoms with Crippen LogP contribution in [0.5, 0.6) is 11.5 Å². The maximum absolute atomic E-state index is 12.8. The van der Waals surface area contributed by atoms with Gasteiger partial charge in [-0.3, -0.25) is 14.4 Å². The van der Waals surface area contributed by atoms with Gasteiger partial charge in [-0.1, -0.05) is 54.8 Å². The Labute approximate surface area is 271 Å². The van der Waals surface area contributed by atoms with Gasteiger partial charge in [0, 0.05) is 42.6 Å². The van der Waals surface area contributed by atoms with E-state index in [4.69, 9.17) is 16.3 Å². The average molecular weight is 648 g/mol. The Morgan fingerprint density at radius 3 is 2.61 bits per heavy atom. The monoisotopic (exact) mass is 647 g/mol. The molecule has 1 aliphatic rings. The van der Waals surface area contributed by atoms with Crippen molar-refractivity contribution in [3.8, 4) is 11.5 Å². The number of carboxylic acids is 1. The van der Waals surface area contributed by atoms with Crippen LogP contribution in [0.15, 0.2) is 65.5 Å². The van der Waals surface area contributed by atoms with Crippen LogP contribution in [0.1, 0.15) is 66.9 Å². The van der Waals surface area contributed by atoms with E-state index in [0.717, 1.165) is 29.5 Å². The second-order valence-corrected chi connectivity index (χ2v) is 12.2. The molecule has 5 rings (SSSR count). The van der Waals surface area contributed by atoms with Gasteiger partial charge in [-0.25, -0.2) is 0 Å². The maximum Gasteiger partial charge on any atom is 0.314 e. The molecule has 0 bridgehead atoms. The highest BCUT2D eigenvalue weighted by atomic mass is 35.5. The molecule has 1 fully saturated rings. The van der Waals surface area contributed by atoms with Gasteiger partial charge in [0.1, 0.15) is 11.5 Å². The molecular weight excluding hydrogens is 610 g/mol. The fourth-order valence-corrected chi connectivity index (χ4v) is 6.55. The number of benzene rings is 3. The van der Waals surface area contributed by atoms with Crippen molar-refractivity contribution in [2.45, 2.75) is 63.0 Å².